The summed E-state index contributed by atoms with van der Waals surface area (Å²) in [5.41, 5.74) is 0.420. The number of aromatic nitrogens is 1. The van der Waals surface area contributed by atoms with E-state index in [1.807, 2.05) is 0 Å². The van der Waals surface area contributed by atoms with Crippen LogP contribution in [0.3, 0.4) is 0 Å². The second-order valence-corrected chi connectivity index (χ2v) is 9.55. The van der Waals surface area contributed by atoms with Crippen molar-refractivity contribution < 1.29 is 22.7 Å². The molecule has 156 valence electrons. The quantitative estimate of drug-likeness (QED) is 0.667. The van der Waals surface area contributed by atoms with Crippen LogP contribution in [-0.2, 0) is 14.8 Å². The molecule has 0 aliphatic heterocycles. The van der Waals surface area contributed by atoms with Crippen LogP contribution < -0.4 is 5.32 Å². The molecule has 3 rings (SSSR count). The molecule has 0 atom stereocenters. The van der Waals surface area contributed by atoms with Gasteiger partial charge in [0, 0.05) is 24.0 Å². The summed E-state index contributed by atoms with van der Waals surface area (Å²) in [6.45, 7) is 1.94. The van der Waals surface area contributed by atoms with Crippen LogP contribution in [0.25, 0.3) is 0 Å². The Labute approximate surface area is 173 Å². The molecule has 2 aromatic rings. The third-order valence-corrected chi connectivity index (χ3v) is 7.52. The van der Waals surface area contributed by atoms with Crippen LogP contribution in [0.4, 0.5) is 5.13 Å². The maximum atomic E-state index is 12.8. The van der Waals surface area contributed by atoms with Crippen LogP contribution in [0.5, 0.6) is 0 Å². The first kappa shape index (κ1) is 21.4. The lowest BCUT2D eigenvalue weighted by atomic mass is 10.2. The highest BCUT2D eigenvalue weighted by atomic mass is 32.2. The zero-order chi connectivity index (χ0) is 21.0. The number of benzene rings is 1. The third-order valence-electron chi connectivity index (χ3n) is 4.84. The minimum Gasteiger partial charge on any atom is -0.461 e. The molecule has 1 aromatic carbocycles. The smallest absolute Gasteiger partial charge is 0.357 e. The van der Waals surface area contributed by atoms with Crippen LogP contribution in [0.15, 0.2) is 34.5 Å². The van der Waals surface area contributed by atoms with Crippen molar-refractivity contribution in [2.75, 3.05) is 19.0 Å². The van der Waals surface area contributed by atoms with Crippen LogP contribution in [0, 0.1) is 0 Å². The normalized spacial score (nSPS) is 14.9. The first-order valence-corrected chi connectivity index (χ1v) is 11.7. The van der Waals surface area contributed by atoms with Crippen molar-refractivity contribution in [3.05, 3.63) is 40.9 Å². The molecule has 1 saturated carbocycles. The zero-order valence-corrected chi connectivity index (χ0v) is 17.9. The van der Waals surface area contributed by atoms with Gasteiger partial charge in [0.1, 0.15) is 0 Å². The fourth-order valence-corrected chi connectivity index (χ4v) is 5.30. The van der Waals surface area contributed by atoms with E-state index in [0.29, 0.717) is 5.56 Å². The third kappa shape index (κ3) is 4.82. The van der Waals surface area contributed by atoms with Gasteiger partial charge in [-0.05, 0) is 44.0 Å². The number of hydrogen-bond donors (Lipinski definition) is 1. The molecule has 1 aromatic heterocycles. The predicted molar refractivity (Wildman–Crippen MR) is 110 cm³/mol. The van der Waals surface area contributed by atoms with Gasteiger partial charge >= 0.3 is 5.97 Å². The molecular weight excluding hydrogens is 414 g/mol. The molecule has 1 aliphatic carbocycles. The lowest BCUT2D eigenvalue weighted by Crippen LogP contribution is -2.35. The number of thiazole rings is 1. The van der Waals surface area contributed by atoms with Gasteiger partial charge in [-0.25, -0.2) is 18.2 Å². The molecule has 1 aliphatic rings. The van der Waals surface area contributed by atoms with Crippen molar-refractivity contribution in [1.82, 2.24) is 9.29 Å². The Balaban J connectivity index is 1.68. The molecule has 0 radical (unpaired) electrons. The fraction of sp³-hybridized carbons (Fsp3) is 0.421. The van der Waals surface area contributed by atoms with Gasteiger partial charge in [0.05, 0.1) is 11.5 Å². The molecule has 1 fully saturated rings. The van der Waals surface area contributed by atoms with Crippen LogP contribution in [0.1, 0.15) is 53.5 Å². The predicted octanol–water partition coefficient (Wildman–Crippen LogP) is 3.14. The molecular formula is C19H23N3O5S2. The molecule has 1 amide bonds. The van der Waals surface area contributed by atoms with Crippen molar-refractivity contribution in [3.8, 4) is 0 Å². The van der Waals surface area contributed by atoms with E-state index in [9.17, 15) is 18.0 Å². The van der Waals surface area contributed by atoms with Crippen molar-refractivity contribution in [2.24, 2.45) is 0 Å². The van der Waals surface area contributed by atoms with Gasteiger partial charge in [0.2, 0.25) is 10.0 Å². The van der Waals surface area contributed by atoms with E-state index in [-0.39, 0.29) is 28.4 Å². The maximum absolute atomic E-state index is 12.8. The highest BCUT2D eigenvalue weighted by Crippen LogP contribution is 2.27. The summed E-state index contributed by atoms with van der Waals surface area (Å²) in [6, 6.07) is 5.82. The molecule has 0 spiro atoms. The Morgan fingerprint density at radius 1 is 1.24 bits per heavy atom. The number of ether oxygens (including phenoxy) is 1. The average Bonchev–Trinajstić information content (AvgIpc) is 3.40. The largest absolute Gasteiger partial charge is 0.461 e. The van der Waals surface area contributed by atoms with Crippen LogP contribution in [-0.4, -0.2) is 49.3 Å². The number of carbonyl (C=O) groups excluding carboxylic acids is 2. The van der Waals surface area contributed by atoms with Gasteiger partial charge in [-0.2, -0.15) is 4.31 Å². The zero-order valence-electron chi connectivity index (χ0n) is 16.3. The lowest BCUT2D eigenvalue weighted by molar-refractivity contribution is 0.0520. The van der Waals surface area contributed by atoms with E-state index >= 15 is 0 Å². The number of amides is 1. The summed E-state index contributed by atoms with van der Waals surface area (Å²) in [5.74, 6) is -0.993. The topological polar surface area (TPSA) is 106 Å². The molecule has 1 heterocycles. The number of hydrogen-bond acceptors (Lipinski definition) is 7. The summed E-state index contributed by atoms with van der Waals surface area (Å²) in [5, 5.41) is 4.36. The second-order valence-electron chi connectivity index (χ2n) is 6.70. The Morgan fingerprint density at radius 3 is 2.52 bits per heavy atom. The Kier molecular flexibility index (Phi) is 6.66. The minimum absolute atomic E-state index is 0.0291. The Morgan fingerprint density at radius 2 is 1.90 bits per heavy atom. The van der Waals surface area contributed by atoms with E-state index < -0.39 is 21.9 Å². The number of anilines is 1. The van der Waals surface area contributed by atoms with Crippen molar-refractivity contribution in [1.29, 1.82) is 0 Å². The standard InChI is InChI=1S/C19H23N3O5S2/c1-3-27-18(24)16-12-28-19(20-16)21-17(23)13-8-10-15(11-9-13)29(25,26)22(2)14-6-4-5-7-14/h8-12,14H,3-7H2,1-2H3,(H,20,21,23). The first-order chi connectivity index (χ1) is 13.8. The molecule has 1 N–H and O–H groups in total. The maximum Gasteiger partial charge on any atom is 0.357 e. The van der Waals surface area contributed by atoms with Crippen molar-refractivity contribution >= 4 is 38.4 Å². The number of nitrogens with zero attached hydrogens (tertiary/aromatic N) is 2. The Bertz CT molecular complexity index is 980. The van der Waals surface area contributed by atoms with Crippen molar-refractivity contribution in [3.63, 3.8) is 0 Å². The molecule has 0 saturated heterocycles. The van der Waals surface area contributed by atoms with Gasteiger partial charge in [-0.3, -0.25) is 10.1 Å². The first-order valence-electron chi connectivity index (χ1n) is 9.35. The monoisotopic (exact) mass is 437 g/mol. The second kappa shape index (κ2) is 9.02. The summed E-state index contributed by atoms with van der Waals surface area (Å²) >= 11 is 1.11. The SMILES string of the molecule is CCOC(=O)c1csc(NC(=O)c2ccc(S(=O)(=O)N(C)C3CCCC3)cc2)n1. The highest BCUT2D eigenvalue weighted by Gasteiger charge is 2.30. The number of rotatable bonds is 7. The van der Waals surface area contributed by atoms with E-state index in [0.717, 1.165) is 37.0 Å². The molecule has 0 bridgehead atoms. The summed E-state index contributed by atoms with van der Waals surface area (Å²) < 4.78 is 31.9. The van der Waals surface area contributed by atoms with Gasteiger partial charge in [0.15, 0.2) is 10.8 Å². The van der Waals surface area contributed by atoms with Crippen LogP contribution in [0.2, 0.25) is 0 Å². The summed E-state index contributed by atoms with van der Waals surface area (Å²) in [4.78, 5) is 28.2. The highest BCUT2D eigenvalue weighted by molar-refractivity contribution is 7.89. The molecule has 0 unspecified atom stereocenters. The van der Waals surface area contributed by atoms with Gasteiger partial charge < -0.3 is 4.74 Å². The number of nitrogens with one attached hydrogen (secondary N) is 1. The Hall–Kier alpha value is -2.30. The lowest BCUT2D eigenvalue weighted by Gasteiger charge is -2.23. The van der Waals surface area contributed by atoms with Gasteiger partial charge in [-0.1, -0.05) is 12.8 Å². The van der Waals surface area contributed by atoms with Gasteiger partial charge in [-0.15, -0.1) is 11.3 Å². The number of esters is 1. The number of carbonyl (C=O) groups is 2. The van der Waals surface area contributed by atoms with E-state index in [1.54, 1.807) is 14.0 Å². The average molecular weight is 438 g/mol. The minimum atomic E-state index is -3.60. The van der Waals surface area contributed by atoms with E-state index in [4.69, 9.17) is 4.74 Å². The number of sulfonamides is 1. The van der Waals surface area contributed by atoms with E-state index in [1.165, 1.54) is 34.0 Å². The van der Waals surface area contributed by atoms with Gasteiger partial charge in [0.25, 0.3) is 5.91 Å². The fourth-order valence-electron chi connectivity index (χ4n) is 3.21. The van der Waals surface area contributed by atoms with Crippen molar-refractivity contribution in [2.45, 2.75) is 43.5 Å². The van der Waals surface area contributed by atoms with E-state index in [2.05, 4.69) is 10.3 Å². The summed E-state index contributed by atoms with van der Waals surface area (Å²) in [6.07, 6.45) is 3.83. The van der Waals surface area contributed by atoms with Crippen LogP contribution >= 0.6 is 11.3 Å². The molecule has 10 heteroatoms. The molecule has 29 heavy (non-hydrogen) atoms. The summed E-state index contributed by atoms with van der Waals surface area (Å²) in [7, 11) is -1.99. The molecule has 8 nitrogen and oxygen atoms in total.